The standard InChI is InChI=1S/C18H21NO/c1-3-14-10-12-16(13-11-14)19-18(20)17(4-2)15-8-6-5-7-9-15/h5-13,17H,3-4H2,1-2H3,(H,19,20)/t17-/m1/s1. The third-order valence-corrected chi connectivity index (χ3v) is 3.56. The Hall–Kier alpha value is -2.09. The second kappa shape index (κ2) is 6.90. The van der Waals surface area contributed by atoms with Gasteiger partial charge >= 0.3 is 0 Å². The maximum atomic E-state index is 12.4. The van der Waals surface area contributed by atoms with Gasteiger partial charge in [0.25, 0.3) is 0 Å². The van der Waals surface area contributed by atoms with Crippen molar-refractivity contribution < 1.29 is 4.79 Å². The summed E-state index contributed by atoms with van der Waals surface area (Å²) in [6.07, 6.45) is 1.80. The Morgan fingerprint density at radius 2 is 1.65 bits per heavy atom. The Kier molecular flexibility index (Phi) is 4.94. The normalized spacial score (nSPS) is 11.9. The van der Waals surface area contributed by atoms with Crippen molar-refractivity contribution in [3.05, 3.63) is 65.7 Å². The molecule has 0 aliphatic heterocycles. The minimum Gasteiger partial charge on any atom is -0.326 e. The lowest BCUT2D eigenvalue weighted by Gasteiger charge is -2.15. The van der Waals surface area contributed by atoms with Crippen LogP contribution >= 0.6 is 0 Å². The molecular weight excluding hydrogens is 246 g/mol. The molecule has 0 heterocycles. The summed E-state index contributed by atoms with van der Waals surface area (Å²) in [5.41, 5.74) is 3.21. The largest absolute Gasteiger partial charge is 0.326 e. The van der Waals surface area contributed by atoms with Crippen LogP contribution in [0.4, 0.5) is 5.69 Å². The summed E-state index contributed by atoms with van der Waals surface area (Å²) >= 11 is 0. The van der Waals surface area contributed by atoms with Gasteiger partial charge in [-0.1, -0.05) is 56.3 Å². The molecule has 2 aromatic carbocycles. The van der Waals surface area contributed by atoms with E-state index in [1.807, 2.05) is 49.4 Å². The second-order valence-electron chi connectivity index (χ2n) is 4.91. The van der Waals surface area contributed by atoms with Gasteiger partial charge < -0.3 is 5.32 Å². The lowest BCUT2D eigenvalue weighted by molar-refractivity contribution is -0.117. The van der Waals surface area contributed by atoms with Gasteiger partial charge in [-0.05, 0) is 36.1 Å². The molecule has 0 aliphatic carbocycles. The first-order valence-electron chi connectivity index (χ1n) is 7.19. The Morgan fingerprint density at radius 3 is 2.20 bits per heavy atom. The zero-order valence-corrected chi connectivity index (χ0v) is 12.1. The SMILES string of the molecule is CCc1ccc(NC(=O)[C@H](CC)c2ccccc2)cc1. The van der Waals surface area contributed by atoms with E-state index in [9.17, 15) is 4.79 Å². The summed E-state index contributed by atoms with van der Waals surface area (Å²) in [5, 5.41) is 3.00. The highest BCUT2D eigenvalue weighted by molar-refractivity contribution is 5.95. The number of rotatable bonds is 5. The number of carbonyl (C=O) groups is 1. The van der Waals surface area contributed by atoms with E-state index in [1.165, 1.54) is 5.56 Å². The summed E-state index contributed by atoms with van der Waals surface area (Å²) in [6, 6.07) is 18.0. The average molecular weight is 267 g/mol. The Balaban J connectivity index is 2.09. The lowest BCUT2D eigenvalue weighted by atomic mass is 9.95. The molecular formula is C18H21NO. The van der Waals surface area contributed by atoms with Crippen LogP contribution in [0, 0.1) is 0 Å². The van der Waals surface area contributed by atoms with E-state index < -0.39 is 0 Å². The predicted molar refractivity (Wildman–Crippen MR) is 83.9 cm³/mol. The number of nitrogens with one attached hydrogen (secondary N) is 1. The quantitative estimate of drug-likeness (QED) is 0.855. The smallest absolute Gasteiger partial charge is 0.231 e. The minimum absolute atomic E-state index is 0.0583. The van der Waals surface area contributed by atoms with Crippen molar-refractivity contribution >= 4 is 11.6 Å². The molecule has 1 N–H and O–H groups in total. The number of amides is 1. The van der Waals surface area contributed by atoms with Gasteiger partial charge in [0.05, 0.1) is 5.92 Å². The monoisotopic (exact) mass is 267 g/mol. The highest BCUT2D eigenvalue weighted by atomic mass is 16.1. The van der Waals surface area contributed by atoms with Crippen LogP contribution in [-0.4, -0.2) is 5.91 Å². The molecule has 2 heteroatoms. The summed E-state index contributed by atoms with van der Waals surface area (Å²) in [5.74, 6) is -0.0370. The van der Waals surface area contributed by atoms with E-state index in [1.54, 1.807) is 0 Å². The number of hydrogen-bond donors (Lipinski definition) is 1. The van der Waals surface area contributed by atoms with Gasteiger partial charge in [0.1, 0.15) is 0 Å². The van der Waals surface area contributed by atoms with E-state index in [4.69, 9.17) is 0 Å². The van der Waals surface area contributed by atoms with Crippen molar-refractivity contribution in [2.45, 2.75) is 32.6 Å². The summed E-state index contributed by atoms with van der Waals surface area (Å²) in [7, 11) is 0. The second-order valence-corrected chi connectivity index (χ2v) is 4.91. The van der Waals surface area contributed by atoms with Crippen LogP contribution < -0.4 is 5.32 Å². The third kappa shape index (κ3) is 3.47. The van der Waals surface area contributed by atoms with Crippen LogP contribution in [0.3, 0.4) is 0 Å². The van der Waals surface area contributed by atoms with Crippen molar-refractivity contribution in [3.8, 4) is 0 Å². The number of anilines is 1. The van der Waals surface area contributed by atoms with Crippen LogP contribution in [0.1, 0.15) is 37.3 Å². The molecule has 0 fully saturated rings. The molecule has 1 atom stereocenters. The topological polar surface area (TPSA) is 29.1 Å². The van der Waals surface area contributed by atoms with Crippen LogP contribution in [0.25, 0.3) is 0 Å². The molecule has 0 spiro atoms. The van der Waals surface area contributed by atoms with Gasteiger partial charge in [0.15, 0.2) is 0 Å². The van der Waals surface area contributed by atoms with Crippen molar-refractivity contribution in [1.82, 2.24) is 0 Å². The molecule has 0 unspecified atom stereocenters. The summed E-state index contributed by atoms with van der Waals surface area (Å²) < 4.78 is 0. The van der Waals surface area contributed by atoms with Crippen LogP contribution in [0.2, 0.25) is 0 Å². The van der Waals surface area contributed by atoms with E-state index >= 15 is 0 Å². The molecule has 1 amide bonds. The molecule has 0 saturated carbocycles. The highest BCUT2D eigenvalue weighted by Gasteiger charge is 2.18. The highest BCUT2D eigenvalue weighted by Crippen LogP contribution is 2.21. The lowest BCUT2D eigenvalue weighted by Crippen LogP contribution is -2.20. The molecule has 2 nitrogen and oxygen atoms in total. The predicted octanol–water partition coefficient (Wildman–Crippen LogP) is 4.38. The van der Waals surface area contributed by atoms with E-state index in [-0.39, 0.29) is 11.8 Å². The van der Waals surface area contributed by atoms with Crippen LogP contribution in [0.15, 0.2) is 54.6 Å². The molecule has 0 aromatic heterocycles. The molecule has 104 valence electrons. The zero-order valence-electron chi connectivity index (χ0n) is 12.1. The molecule has 0 saturated heterocycles. The number of hydrogen-bond acceptors (Lipinski definition) is 1. The van der Waals surface area contributed by atoms with E-state index in [0.29, 0.717) is 0 Å². The van der Waals surface area contributed by atoms with Gasteiger partial charge in [-0.2, -0.15) is 0 Å². The molecule has 0 bridgehead atoms. The fraction of sp³-hybridized carbons (Fsp3) is 0.278. The Labute approximate surface area is 120 Å². The van der Waals surface area contributed by atoms with Crippen LogP contribution in [-0.2, 0) is 11.2 Å². The summed E-state index contributed by atoms with van der Waals surface area (Å²) in [4.78, 5) is 12.4. The maximum absolute atomic E-state index is 12.4. The molecule has 2 aromatic rings. The molecule has 0 aliphatic rings. The van der Waals surface area contributed by atoms with Gasteiger partial charge in [-0.3, -0.25) is 4.79 Å². The van der Waals surface area contributed by atoms with Gasteiger partial charge in [-0.15, -0.1) is 0 Å². The van der Waals surface area contributed by atoms with E-state index in [2.05, 4.69) is 24.4 Å². The third-order valence-electron chi connectivity index (χ3n) is 3.56. The average Bonchev–Trinajstić information content (AvgIpc) is 2.50. The van der Waals surface area contributed by atoms with Crippen molar-refractivity contribution in [1.29, 1.82) is 0 Å². The van der Waals surface area contributed by atoms with Gasteiger partial charge in [0, 0.05) is 5.69 Å². The van der Waals surface area contributed by atoms with Gasteiger partial charge in [0.2, 0.25) is 5.91 Å². The zero-order chi connectivity index (χ0) is 14.4. The minimum atomic E-state index is -0.0953. The number of aryl methyl sites for hydroxylation is 1. The van der Waals surface area contributed by atoms with Gasteiger partial charge in [-0.25, -0.2) is 0 Å². The maximum Gasteiger partial charge on any atom is 0.231 e. The Morgan fingerprint density at radius 1 is 1.00 bits per heavy atom. The van der Waals surface area contributed by atoms with Crippen molar-refractivity contribution in [3.63, 3.8) is 0 Å². The first kappa shape index (κ1) is 14.3. The molecule has 2 rings (SSSR count). The first-order chi connectivity index (χ1) is 9.74. The summed E-state index contributed by atoms with van der Waals surface area (Å²) in [6.45, 7) is 4.16. The molecule has 20 heavy (non-hydrogen) atoms. The van der Waals surface area contributed by atoms with Crippen LogP contribution in [0.5, 0.6) is 0 Å². The number of carbonyl (C=O) groups excluding carboxylic acids is 1. The fourth-order valence-electron chi connectivity index (χ4n) is 2.31. The Bertz CT molecular complexity index is 545. The molecule has 0 radical (unpaired) electrons. The van der Waals surface area contributed by atoms with Crippen molar-refractivity contribution in [2.24, 2.45) is 0 Å². The van der Waals surface area contributed by atoms with E-state index in [0.717, 1.165) is 24.1 Å². The number of benzene rings is 2. The van der Waals surface area contributed by atoms with Crippen molar-refractivity contribution in [2.75, 3.05) is 5.32 Å². The fourth-order valence-corrected chi connectivity index (χ4v) is 2.31. The first-order valence-corrected chi connectivity index (χ1v) is 7.19.